The molecule has 2 N–H and O–H groups in total. The van der Waals surface area contributed by atoms with E-state index in [0.717, 1.165) is 10.9 Å². The Labute approximate surface area is 121 Å². The van der Waals surface area contributed by atoms with Crippen LogP contribution >= 0.6 is 11.8 Å². The molecule has 108 valence electrons. The van der Waals surface area contributed by atoms with Gasteiger partial charge in [0, 0.05) is 24.3 Å². The number of aliphatic hydroxyl groups is 1. The SMILES string of the molecule is CNC1=N[C@@]2(c3ccccc3F)CO[C@H](CO)[C@H]2CS1. The van der Waals surface area contributed by atoms with Crippen molar-refractivity contribution in [2.45, 2.75) is 11.6 Å². The highest BCUT2D eigenvalue weighted by atomic mass is 32.2. The van der Waals surface area contributed by atoms with E-state index in [1.807, 2.05) is 6.07 Å². The predicted octanol–water partition coefficient (Wildman–Crippen LogP) is 1.35. The van der Waals surface area contributed by atoms with Crippen LogP contribution in [0.1, 0.15) is 5.56 Å². The van der Waals surface area contributed by atoms with Crippen molar-refractivity contribution < 1.29 is 14.2 Å². The maximum atomic E-state index is 14.3. The molecule has 2 aliphatic heterocycles. The quantitative estimate of drug-likeness (QED) is 0.865. The topological polar surface area (TPSA) is 53.9 Å². The van der Waals surface area contributed by atoms with Crippen molar-refractivity contribution in [2.24, 2.45) is 10.9 Å². The maximum absolute atomic E-state index is 14.3. The molecular weight excluding hydrogens is 279 g/mol. The second-order valence-corrected chi connectivity index (χ2v) is 6.03. The molecule has 0 radical (unpaired) electrons. The summed E-state index contributed by atoms with van der Waals surface area (Å²) in [5.41, 5.74) is -0.184. The molecule has 1 aromatic carbocycles. The number of ether oxygens (including phenoxy) is 1. The van der Waals surface area contributed by atoms with Gasteiger partial charge in [0.05, 0.1) is 19.3 Å². The minimum Gasteiger partial charge on any atom is -0.394 e. The molecule has 0 aromatic heterocycles. The van der Waals surface area contributed by atoms with Gasteiger partial charge >= 0.3 is 0 Å². The molecular formula is C14H17FN2O2S. The number of hydrogen-bond acceptors (Lipinski definition) is 5. The molecule has 1 fully saturated rings. The highest BCUT2D eigenvalue weighted by molar-refractivity contribution is 8.13. The normalized spacial score (nSPS) is 32.6. The summed E-state index contributed by atoms with van der Waals surface area (Å²) in [6, 6.07) is 6.69. The van der Waals surface area contributed by atoms with E-state index in [-0.39, 0.29) is 24.4 Å². The molecule has 0 aliphatic carbocycles. The minimum absolute atomic E-state index is 0.0218. The number of fused-ring (bicyclic) bond motifs is 1. The highest BCUT2D eigenvalue weighted by Gasteiger charge is 2.53. The third kappa shape index (κ3) is 2.03. The first-order valence-electron chi connectivity index (χ1n) is 6.59. The first-order valence-corrected chi connectivity index (χ1v) is 7.57. The summed E-state index contributed by atoms with van der Waals surface area (Å²) in [5, 5.41) is 13.3. The molecule has 0 unspecified atom stereocenters. The Balaban J connectivity index is 2.12. The van der Waals surface area contributed by atoms with Crippen LogP contribution in [-0.2, 0) is 10.3 Å². The second-order valence-electron chi connectivity index (χ2n) is 5.02. The van der Waals surface area contributed by atoms with Gasteiger partial charge in [-0.2, -0.15) is 0 Å². The van der Waals surface area contributed by atoms with Crippen LogP contribution in [0.2, 0.25) is 0 Å². The van der Waals surface area contributed by atoms with Gasteiger partial charge in [0.1, 0.15) is 11.4 Å². The lowest BCUT2D eigenvalue weighted by molar-refractivity contribution is 0.0436. The van der Waals surface area contributed by atoms with Crippen LogP contribution in [-0.4, -0.2) is 42.4 Å². The molecule has 0 amide bonds. The van der Waals surface area contributed by atoms with Gasteiger partial charge in [0.25, 0.3) is 0 Å². The fourth-order valence-corrected chi connectivity index (χ4v) is 4.16. The van der Waals surface area contributed by atoms with Crippen LogP contribution in [0.5, 0.6) is 0 Å². The lowest BCUT2D eigenvalue weighted by Crippen LogP contribution is -2.43. The summed E-state index contributed by atoms with van der Waals surface area (Å²) in [6.07, 6.45) is -0.288. The molecule has 0 spiro atoms. The van der Waals surface area contributed by atoms with Gasteiger partial charge in [0.2, 0.25) is 0 Å². The number of amidine groups is 1. The number of rotatable bonds is 2. The standard InChI is InChI=1S/C14H17FN2O2S/c1-16-13-17-14(9-4-2-3-5-11(9)15)8-19-12(6-18)10(14)7-20-13/h2-5,10,12,18H,6-8H2,1H3,(H,16,17)/t10-,12-,14-/m1/s1. The van der Waals surface area contributed by atoms with Crippen LogP contribution in [0.15, 0.2) is 29.3 Å². The van der Waals surface area contributed by atoms with Crippen molar-refractivity contribution in [3.63, 3.8) is 0 Å². The lowest BCUT2D eigenvalue weighted by atomic mass is 9.79. The van der Waals surface area contributed by atoms with Gasteiger partial charge < -0.3 is 15.2 Å². The number of hydrogen-bond donors (Lipinski definition) is 2. The molecule has 1 aromatic rings. The smallest absolute Gasteiger partial charge is 0.157 e. The average Bonchev–Trinajstić information content (AvgIpc) is 2.86. The van der Waals surface area contributed by atoms with Gasteiger partial charge in [-0.05, 0) is 6.07 Å². The zero-order valence-electron chi connectivity index (χ0n) is 11.2. The average molecular weight is 296 g/mol. The molecule has 0 saturated carbocycles. The minimum atomic E-state index is -0.734. The number of nitrogens with zero attached hydrogens (tertiary/aromatic N) is 1. The molecule has 6 heteroatoms. The summed E-state index contributed by atoms with van der Waals surface area (Å²) >= 11 is 1.58. The van der Waals surface area contributed by atoms with Crippen molar-refractivity contribution in [2.75, 3.05) is 26.0 Å². The van der Waals surface area contributed by atoms with Gasteiger partial charge in [-0.1, -0.05) is 30.0 Å². The first kappa shape index (κ1) is 13.9. The first-order chi connectivity index (χ1) is 9.71. The Bertz CT molecular complexity index is 540. The van der Waals surface area contributed by atoms with Gasteiger partial charge in [-0.3, -0.25) is 0 Å². The van der Waals surface area contributed by atoms with Crippen LogP contribution in [0, 0.1) is 11.7 Å². The van der Waals surface area contributed by atoms with E-state index in [1.165, 1.54) is 6.07 Å². The van der Waals surface area contributed by atoms with Crippen molar-refractivity contribution in [1.82, 2.24) is 5.32 Å². The van der Waals surface area contributed by atoms with E-state index < -0.39 is 5.54 Å². The Morgan fingerprint density at radius 3 is 3.05 bits per heavy atom. The number of thioether (sulfide) groups is 1. The van der Waals surface area contributed by atoms with E-state index in [4.69, 9.17) is 9.73 Å². The number of benzene rings is 1. The van der Waals surface area contributed by atoms with Crippen LogP contribution in [0.25, 0.3) is 0 Å². The Kier molecular flexibility index (Phi) is 3.70. The number of nitrogens with one attached hydrogen (secondary N) is 1. The largest absolute Gasteiger partial charge is 0.394 e. The molecule has 0 bridgehead atoms. The van der Waals surface area contributed by atoms with Crippen molar-refractivity contribution in [1.29, 1.82) is 0 Å². The van der Waals surface area contributed by atoms with E-state index in [1.54, 1.807) is 30.9 Å². The van der Waals surface area contributed by atoms with E-state index in [2.05, 4.69) is 5.32 Å². The molecule has 3 atom stereocenters. The third-order valence-electron chi connectivity index (χ3n) is 4.01. The number of aliphatic hydroxyl groups excluding tert-OH is 1. The summed E-state index contributed by atoms with van der Waals surface area (Å²) in [4.78, 5) is 4.72. The molecule has 20 heavy (non-hydrogen) atoms. The summed E-state index contributed by atoms with van der Waals surface area (Å²) in [6.45, 7) is 0.238. The highest BCUT2D eigenvalue weighted by Crippen LogP contribution is 2.47. The van der Waals surface area contributed by atoms with Crippen LogP contribution in [0.4, 0.5) is 4.39 Å². The second kappa shape index (κ2) is 5.35. The van der Waals surface area contributed by atoms with Crippen LogP contribution in [0.3, 0.4) is 0 Å². The fourth-order valence-electron chi connectivity index (χ4n) is 2.97. The zero-order valence-corrected chi connectivity index (χ0v) is 12.0. The summed E-state index contributed by atoms with van der Waals surface area (Å²) < 4.78 is 19.9. The number of aliphatic imine (C=N–C) groups is 1. The maximum Gasteiger partial charge on any atom is 0.157 e. The van der Waals surface area contributed by atoms with Crippen molar-refractivity contribution >= 4 is 16.9 Å². The molecule has 2 aliphatic rings. The van der Waals surface area contributed by atoms with E-state index >= 15 is 0 Å². The molecule has 1 saturated heterocycles. The third-order valence-corrected chi connectivity index (χ3v) is 5.11. The Hall–Kier alpha value is -1.11. The van der Waals surface area contributed by atoms with Crippen molar-refractivity contribution in [3.8, 4) is 0 Å². The Morgan fingerprint density at radius 2 is 2.35 bits per heavy atom. The van der Waals surface area contributed by atoms with Gasteiger partial charge in [0.15, 0.2) is 5.17 Å². The lowest BCUT2D eigenvalue weighted by Gasteiger charge is -2.36. The Morgan fingerprint density at radius 1 is 1.55 bits per heavy atom. The fraction of sp³-hybridized carbons (Fsp3) is 0.500. The van der Waals surface area contributed by atoms with E-state index in [0.29, 0.717) is 12.2 Å². The van der Waals surface area contributed by atoms with E-state index in [9.17, 15) is 9.50 Å². The van der Waals surface area contributed by atoms with Gasteiger partial charge in [-0.25, -0.2) is 9.38 Å². The van der Waals surface area contributed by atoms with Gasteiger partial charge in [-0.15, -0.1) is 0 Å². The predicted molar refractivity (Wildman–Crippen MR) is 77.3 cm³/mol. The molecule has 4 nitrogen and oxygen atoms in total. The summed E-state index contributed by atoms with van der Waals surface area (Å²) in [5.74, 6) is 0.455. The summed E-state index contributed by atoms with van der Waals surface area (Å²) in [7, 11) is 1.81. The van der Waals surface area contributed by atoms with Crippen molar-refractivity contribution in [3.05, 3.63) is 35.6 Å². The zero-order chi connectivity index (χ0) is 14.2. The molecule has 2 heterocycles. The van der Waals surface area contributed by atoms with Crippen LogP contribution < -0.4 is 5.32 Å². The molecule has 3 rings (SSSR count). The number of halogens is 1. The monoisotopic (exact) mass is 296 g/mol.